The van der Waals surface area contributed by atoms with E-state index >= 15 is 0 Å². The molecule has 1 aromatic rings. The van der Waals surface area contributed by atoms with Crippen LogP contribution in [-0.4, -0.2) is 17.0 Å². The van der Waals surface area contributed by atoms with Gasteiger partial charge in [-0.1, -0.05) is 38.1 Å². The minimum Gasteiger partial charge on any atom is -0.326 e. The van der Waals surface area contributed by atoms with E-state index in [-0.39, 0.29) is 0 Å². The second kappa shape index (κ2) is 4.67. The Morgan fingerprint density at radius 2 is 1.67 bits per heavy atom. The Hall–Kier alpha value is -0.860. The maximum atomic E-state index is 6.43. The van der Waals surface area contributed by atoms with Crippen molar-refractivity contribution in [3.8, 4) is 0 Å². The number of hydrogen-bond acceptors (Lipinski definition) is 2. The molecule has 4 unspecified atom stereocenters. The van der Waals surface area contributed by atoms with Crippen LogP contribution in [0.1, 0.15) is 37.8 Å². The first-order valence-electron chi connectivity index (χ1n) is 7.21. The first kappa shape index (κ1) is 12.2. The molecule has 1 heterocycles. The molecule has 2 aliphatic rings. The van der Waals surface area contributed by atoms with E-state index < -0.39 is 0 Å². The Kier molecular flexibility index (Phi) is 3.16. The van der Waals surface area contributed by atoms with Gasteiger partial charge in [0, 0.05) is 25.2 Å². The lowest BCUT2D eigenvalue weighted by Crippen LogP contribution is -2.53. The van der Waals surface area contributed by atoms with Crippen LogP contribution in [0.5, 0.6) is 0 Å². The molecule has 18 heavy (non-hydrogen) atoms. The van der Waals surface area contributed by atoms with Crippen LogP contribution in [0, 0.1) is 11.8 Å². The van der Waals surface area contributed by atoms with E-state index in [2.05, 4.69) is 43.0 Å². The highest BCUT2D eigenvalue weighted by molar-refractivity contribution is 5.30. The third-order valence-electron chi connectivity index (χ3n) is 4.76. The number of benzene rings is 1. The van der Waals surface area contributed by atoms with Gasteiger partial charge in [-0.05, 0) is 35.8 Å². The monoisotopic (exact) mass is 244 g/mol. The molecule has 0 radical (unpaired) electrons. The zero-order chi connectivity index (χ0) is 12.7. The Labute approximate surface area is 110 Å². The minimum atomic E-state index is 0.345. The zero-order valence-corrected chi connectivity index (χ0v) is 11.5. The predicted molar refractivity (Wildman–Crippen MR) is 75.0 cm³/mol. The summed E-state index contributed by atoms with van der Waals surface area (Å²) < 4.78 is 0. The highest BCUT2D eigenvalue weighted by Crippen LogP contribution is 2.35. The van der Waals surface area contributed by atoms with Gasteiger partial charge in [0.05, 0.1) is 0 Å². The first-order chi connectivity index (χ1) is 8.65. The lowest BCUT2D eigenvalue weighted by atomic mass is 9.76. The van der Waals surface area contributed by atoms with Crippen LogP contribution in [-0.2, 0) is 13.1 Å². The average Bonchev–Trinajstić information content (AvgIpc) is 2.70. The van der Waals surface area contributed by atoms with E-state index in [0.29, 0.717) is 12.1 Å². The second-order valence-corrected chi connectivity index (χ2v) is 6.38. The van der Waals surface area contributed by atoms with Crippen molar-refractivity contribution in [2.45, 2.75) is 51.9 Å². The van der Waals surface area contributed by atoms with Crippen LogP contribution >= 0.6 is 0 Å². The second-order valence-electron chi connectivity index (χ2n) is 6.38. The highest BCUT2D eigenvalue weighted by atomic mass is 15.2. The molecule has 4 atom stereocenters. The quantitative estimate of drug-likeness (QED) is 0.823. The number of rotatable bonds is 1. The molecule has 1 aromatic carbocycles. The van der Waals surface area contributed by atoms with Gasteiger partial charge in [0.2, 0.25) is 0 Å². The molecular weight excluding hydrogens is 220 g/mol. The van der Waals surface area contributed by atoms with Gasteiger partial charge in [0.15, 0.2) is 0 Å². The van der Waals surface area contributed by atoms with E-state index in [4.69, 9.17) is 5.73 Å². The fraction of sp³-hybridized carbons (Fsp3) is 0.625. The molecular formula is C16H24N2. The van der Waals surface area contributed by atoms with Crippen molar-refractivity contribution in [2.24, 2.45) is 17.6 Å². The van der Waals surface area contributed by atoms with Crippen molar-refractivity contribution in [3.63, 3.8) is 0 Å². The van der Waals surface area contributed by atoms with Gasteiger partial charge in [0.25, 0.3) is 0 Å². The Bertz CT molecular complexity index is 392. The normalized spacial score (nSPS) is 36.6. The van der Waals surface area contributed by atoms with E-state index in [1.54, 1.807) is 0 Å². The lowest BCUT2D eigenvalue weighted by Gasteiger charge is -2.42. The summed E-state index contributed by atoms with van der Waals surface area (Å²) in [5, 5.41) is 0. The van der Waals surface area contributed by atoms with Crippen LogP contribution in [0.4, 0.5) is 0 Å². The third-order valence-corrected chi connectivity index (χ3v) is 4.76. The van der Waals surface area contributed by atoms with Crippen molar-refractivity contribution in [1.29, 1.82) is 0 Å². The van der Waals surface area contributed by atoms with Crippen LogP contribution in [0.15, 0.2) is 24.3 Å². The Morgan fingerprint density at radius 3 is 2.22 bits per heavy atom. The summed E-state index contributed by atoms with van der Waals surface area (Å²) in [4.78, 5) is 2.60. The maximum Gasteiger partial charge on any atom is 0.0280 e. The summed E-state index contributed by atoms with van der Waals surface area (Å²) in [5.41, 5.74) is 9.42. The topological polar surface area (TPSA) is 29.3 Å². The van der Waals surface area contributed by atoms with Crippen molar-refractivity contribution >= 4 is 0 Å². The molecule has 0 amide bonds. The predicted octanol–water partition coefficient (Wildman–Crippen LogP) is 2.76. The van der Waals surface area contributed by atoms with Crippen LogP contribution in [0.3, 0.4) is 0 Å². The van der Waals surface area contributed by atoms with Crippen molar-refractivity contribution in [2.75, 3.05) is 0 Å². The summed E-state index contributed by atoms with van der Waals surface area (Å²) in [6.45, 7) is 6.90. The lowest BCUT2D eigenvalue weighted by molar-refractivity contribution is 0.0732. The molecule has 2 heteroatoms. The number of hydrogen-bond donors (Lipinski definition) is 1. The third kappa shape index (κ3) is 2.08. The van der Waals surface area contributed by atoms with Gasteiger partial charge in [-0.2, -0.15) is 0 Å². The van der Waals surface area contributed by atoms with Crippen molar-refractivity contribution < 1.29 is 0 Å². The largest absolute Gasteiger partial charge is 0.326 e. The van der Waals surface area contributed by atoms with E-state index in [0.717, 1.165) is 24.9 Å². The fourth-order valence-corrected chi connectivity index (χ4v) is 4.10. The molecule has 2 nitrogen and oxygen atoms in total. The van der Waals surface area contributed by atoms with E-state index in [9.17, 15) is 0 Å². The molecule has 98 valence electrons. The molecule has 0 saturated heterocycles. The molecule has 1 fully saturated rings. The SMILES string of the molecule is CC1CC(C)C(N2Cc3ccccc3C2)C(N)C1. The highest BCUT2D eigenvalue weighted by Gasteiger charge is 2.37. The molecule has 2 N–H and O–H groups in total. The number of fused-ring (bicyclic) bond motifs is 1. The minimum absolute atomic E-state index is 0.345. The van der Waals surface area contributed by atoms with Crippen LogP contribution in [0.2, 0.25) is 0 Å². The Balaban J connectivity index is 1.77. The summed E-state index contributed by atoms with van der Waals surface area (Å²) in [6.07, 6.45) is 2.51. The van der Waals surface area contributed by atoms with Gasteiger partial charge in [0.1, 0.15) is 0 Å². The maximum absolute atomic E-state index is 6.43. The van der Waals surface area contributed by atoms with Crippen LogP contribution in [0.25, 0.3) is 0 Å². The fourth-order valence-electron chi connectivity index (χ4n) is 4.10. The molecule has 0 bridgehead atoms. The molecule has 0 aromatic heterocycles. The van der Waals surface area contributed by atoms with E-state index in [1.165, 1.54) is 24.0 Å². The summed E-state index contributed by atoms with van der Waals surface area (Å²) in [7, 11) is 0. The van der Waals surface area contributed by atoms with Crippen molar-refractivity contribution in [1.82, 2.24) is 4.90 Å². The molecule has 0 spiro atoms. The Morgan fingerprint density at radius 1 is 1.06 bits per heavy atom. The van der Waals surface area contributed by atoms with Gasteiger partial charge < -0.3 is 5.73 Å². The summed E-state index contributed by atoms with van der Waals surface area (Å²) in [5.74, 6) is 1.51. The van der Waals surface area contributed by atoms with Crippen LogP contribution < -0.4 is 5.73 Å². The zero-order valence-electron chi connectivity index (χ0n) is 11.5. The van der Waals surface area contributed by atoms with Gasteiger partial charge in [-0.3, -0.25) is 4.90 Å². The molecule has 1 aliphatic carbocycles. The van der Waals surface area contributed by atoms with E-state index in [1.807, 2.05) is 0 Å². The number of nitrogens with zero attached hydrogens (tertiary/aromatic N) is 1. The standard InChI is InChI=1S/C16H24N2/c1-11-7-12(2)16(15(17)8-11)18-9-13-5-3-4-6-14(13)10-18/h3-6,11-12,15-16H,7-10,17H2,1-2H3. The van der Waals surface area contributed by atoms with Gasteiger partial charge >= 0.3 is 0 Å². The molecule has 1 aliphatic heterocycles. The molecule has 1 saturated carbocycles. The van der Waals surface area contributed by atoms with Gasteiger partial charge in [-0.25, -0.2) is 0 Å². The van der Waals surface area contributed by atoms with Gasteiger partial charge in [-0.15, -0.1) is 0 Å². The molecule has 3 rings (SSSR count). The van der Waals surface area contributed by atoms with Crippen molar-refractivity contribution in [3.05, 3.63) is 35.4 Å². The summed E-state index contributed by atoms with van der Waals surface area (Å²) in [6, 6.07) is 9.73. The summed E-state index contributed by atoms with van der Waals surface area (Å²) >= 11 is 0. The smallest absolute Gasteiger partial charge is 0.0280 e. The number of nitrogens with two attached hydrogens (primary N) is 1. The average molecular weight is 244 g/mol. The first-order valence-corrected chi connectivity index (χ1v) is 7.21.